The van der Waals surface area contributed by atoms with Gasteiger partial charge in [-0.25, -0.2) is 12.8 Å². The van der Waals surface area contributed by atoms with Gasteiger partial charge in [0.05, 0.1) is 11.4 Å². The maximum atomic E-state index is 13.3. The van der Waals surface area contributed by atoms with Crippen molar-refractivity contribution in [2.24, 2.45) is 7.05 Å². The van der Waals surface area contributed by atoms with Crippen LogP contribution in [0.15, 0.2) is 29.2 Å². The first-order chi connectivity index (χ1) is 11.8. The highest BCUT2D eigenvalue weighted by atomic mass is 32.2. The molecule has 138 valence electrons. The Labute approximate surface area is 149 Å². The van der Waals surface area contributed by atoms with Crippen LogP contribution in [0.1, 0.15) is 43.1 Å². The predicted octanol–water partition coefficient (Wildman–Crippen LogP) is 3.56. The zero-order valence-corrected chi connectivity index (χ0v) is 16.1. The van der Waals surface area contributed by atoms with Crippen LogP contribution in [-0.4, -0.2) is 29.0 Å². The van der Waals surface area contributed by atoms with Gasteiger partial charge in [-0.2, -0.15) is 9.40 Å². The van der Waals surface area contributed by atoms with Crippen LogP contribution in [0.25, 0.3) is 0 Å². The van der Waals surface area contributed by atoms with Crippen LogP contribution < -0.4 is 0 Å². The van der Waals surface area contributed by atoms with Crippen molar-refractivity contribution in [3.05, 3.63) is 47.0 Å². The van der Waals surface area contributed by atoms with Gasteiger partial charge < -0.3 is 0 Å². The molecule has 0 aliphatic heterocycles. The summed E-state index contributed by atoms with van der Waals surface area (Å²) >= 11 is 0. The average Bonchev–Trinajstić information content (AvgIpc) is 2.81. The smallest absolute Gasteiger partial charge is 0.247 e. The maximum Gasteiger partial charge on any atom is 0.247 e. The van der Waals surface area contributed by atoms with E-state index in [1.165, 1.54) is 16.4 Å². The molecule has 0 aliphatic carbocycles. The van der Waals surface area contributed by atoms with Gasteiger partial charge in [-0.3, -0.25) is 4.68 Å². The van der Waals surface area contributed by atoms with Crippen molar-refractivity contribution in [2.45, 2.75) is 51.5 Å². The molecule has 0 aliphatic rings. The molecule has 2 rings (SSSR count). The molecule has 0 bridgehead atoms. The highest BCUT2D eigenvalue weighted by Gasteiger charge is 2.30. The van der Waals surface area contributed by atoms with Crippen LogP contribution in [0.5, 0.6) is 0 Å². The van der Waals surface area contributed by atoms with E-state index in [2.05, 4.69) is 12.0 Å². The van der Waals surface area contributed by atoms with Crippen LogP contribution in [-0.2, 0) is 23.6 Å². The third kappa shape index (κ3) is 4.46. The second kappa shape index (κ2) is 8.10. The molecule has 7 heteroatoms. The minimum Gasteiger partial charge on any atom is -0.271 e. The normalized spacial score (nSPS) is 12.1. The first-order valence-corrected chi connectivity index (χ1v) is 9.96. The summed E-state index contributed by atoms with van der Waals surface area (Å²) in [6.45, 7) is 6.20. The molecular weight excluding hydrogens is 341 g/mol. The molecule has 0 fully saturated rings. The Morgan fingerprint density at radius 2 is 1.80 bits per heavy atom. The van der Waals surface area contributed by atoms with E-state index < -0.39 is 10.0 Å². The lowest BCUT2D eigenvalue weighted by Gasteiger charge is -2.22. The second-order valence-electron chi connectivity index (χ2n) is 6.30. The highest BCUT2D eigenvalue weighted by molar-refractivity contribution is 7.89. The van der Waals surface area contributed by atoms with Crippen molar-refractivity contribution >= 4 is 10.0 Å². The fourth-order valence-corrected chi connectivity index (χ4v) is 4.74. The summed E-state index contributed by atoms with van der Waals surface area (Å²) in [5.41, 5.74) is 1.89. The van der Waals surface area contributed by atoms with Crippen LogP contribution in [0.3, 0.4) is 0 Å². The molecule has 0 N–H and O–H groups in total. The lowest BCUT2D eigenvalue weighted by molar-refractivity contribution is 0.393. The first kappa shape index (κ1) is 19.6. The van der Waals surface area contributed by atoms with E-state index in [1.54, 1.807) is 37.7 Å². The lowest BCUT2D eigenvalue weighted by atomic mass is 10.2. The summed E-state index contributed by atoms with van der Waals surface area (Å²) in [5, 5.41) is 4.24. The summed E-state index contributed by atoms with van der Waals surface area (Å²) in [7, 11) is -1.94. The molecule has 0 saturated heterocycles. The van der Waals surface area contributed by atoms with Gasteiger partial charge in [-0.15, -0.1) is 0 Å². The molecule has 1 aromatic carbocycles. The number of hydrogen-bond donors (Lipinski definition) is 0. The molecule has 0 radical (unpaired) electrons. The molecule has 0 amide bonds. The van der Waals surface area contributed by atoms with E-state index in [0.29, 0.717) is 17.9 Å². The van der Waals surface area contributed by atoms with Crippen LogP contribution in [0, 0.1) is 19.7 Å². The Morgan fingerprint density at radius 3 is 2.32 bits per heavy atom. The summed E-state index contributed by atoms with van der Waals surface area (Å²) < 4.78 is 42.7. The minimum absolute atomic E-state index is 0.222. The van der Waals surface area contributed by atoms with Gasteiger partial charge in [0.25, 0.3) is 0 Å². The molecule has 0 spiro atoms. The van der Waals surface area contributed by atoms with Gasteiger partial charge in [0.15, 0.2) is 0 Å². The number of sulfonamides is 1. The van der Waals surface area contributed by atoms with Gasteiger partial charge in [0.1, 0.15) is 10.7 Å². The third-order valence-corrected chi connectivity index (χ3v) is 6.42. The Morgan fingerprint density at radius 1 is 1.16 bits per heavy atom. The van der Waals surface area contributed by atoms with E-state index in [0.717, 1.165) is 24.8 Å². The van der Waals surface area contributed by atoms with Gasteiger partial charge in [0.2, 0.25) is 10.0 Å². The van der Waals surface area contributed by atoms with Crippen LogP contribution in [0.4, 0.5) is 4.39 Å². The predicted molar refractivity (Wildman–Crippen MR) is 96.2 cm³/mol. The fourth-order valence-electron chi connectivity index (χ4n) is 2.87. The number of unbranched alkanes of at least 4 members (excludes halogenated alkanes) is 2. The number of halogens is 1. The zero-order chi connectivity index (χ0) is 18.6. The zero-order valence-electron chi connectivity index (χ0n) is 15.3. The molecule has 5 nitrogen and oxygen atoms in total. The standard InChI is InChI=1S/C18H26FN3O2S/c1-5-6-7-12-22(13-16-8-10-17(19)11-9-16)25(23,24)18-14(2)20-21(4)15(18)3/h8-11H,5-7,12-13H2,1-4H3. The number of aromatic nitrogens is 2. The van der Waals surface area contributed by atoms with Crippen molar-refractivity contribution in [1.29, 1.82) is 0 Å². The first-order valence-electron chi connectivity index (χ1n) is 8.52. The average molecular weight is 367 g/mol. The fraction of sp³-hybridized carbons (Fsp3) is 0.500. The van der Waals surface area contributed by atoms with E-state index >= 15 is 0 Å². The Kier molecular flexibility index (Phi) is 6.35. The van der Waals surface area contributed by atoms with Crippen molar-refractivity contribution in [2.75, 3.05) is 6.54 Å². The number of aryl methyl sites for hydroxylation is 2. The second-order valence-corrected chi connectivity index (χ2v) is 8.17. The van der Waals surface area contributed by atoms with E-state index in [4.69, 9.17) is 0 Å². The van der Waals surface area contributed by atoms with Gasteiger partial charge in [-0.1, -0.05) is 31.9 Å². The molecule has 1 aromatic heterocycles. The Bertz CT molecular complexity index is 814. The monoisotopic (exact) mass is 367 g/mol. The van der Waals surface area contributed by atoms with Crippen LogP contribution in [0.2, 0.25) is 0 Å². The Balaban J connectivity index is 2.37. The van der Waals surface area contributed by atoms with Gasteiger partial charge >= 0.3 is 0 Å². The topological polar surface area (TPSA) is 55.2 Å². The van der Waals surface area contributed by atoms with E-state index in [-0.39, 0.29) is 17.3 Å². The van der Waals surface area contributed by atoms with Crippen molar-refractivity contribution in [3.63, 3.8) is 0 Å². The van der Waals surface area contributed by atoms with Gasteiger partial charge in [0, 0.05) is 20.1 Å². The molecule has 0 atom stereocenters. The number of hydrogen-bond acceptors (Lipinski definition) is 3. The molecular formula is C18H26FN3O2S. The summed E-state index contributed by atoms with van der Waals surface area (Å²) in [5.74, 6) is -0.330. The highest BCUT2D eigenvalue weighted by Crippen LogP contribution is 2.25. The summed E-state index contributed by atoms with van der Waals surface area (Å²) in [6.07, 6.45) is 2.76. The number of benzene rings is 1. The van der Waals surface area contributed by atoms with E-state index in [9.17, 15) is 12.8 Å². The summed E-state index contributed by atoms with van der Waals surface area (Å²) in [4.78, 5) is 0.272. The third-order valence-electron chi connectivity index (χ3n) is 4.32. The molecule has 1 heterocycles. The number of nitrogens with zero attached hydrogens (tertiary/aromatic N) is 3. The molecule has 2 aromatic rings. The van der Waals surface area contributed by atoms with Crippen molar-refractivity contribution in [3.8, 4) is 0 Å². The van der Waals surface area contributed by atoms with E-state index in [1.807, 2.05) is 0 Å². The minimum atomic E-state index is -3.67. The Hall–Kier alpha value is -1.73. The van der Waals surface area contributed by atoms with Crippen molar-refractivity contribution < 1.29 is 12.8 Å². The number of rotatable bonds is 8. The lowest BCUT2D eigenvalue weighted by Crippen LogP contribution is -2.32. The van der Waals surface area contributed by atoms with Gasteiger partial charge in [-0.05, 0) is 38.0 Å². The summed E-state index contributed by atoms with van der Waals surface area (Å²) in [6, 6.07) is 5.96. The van der Waals surface area contributed by atoms with Crippen LogP contribution >= 0.6 is 0 Å². The quantitative estimate of drug-likeness (QED) is 0.671. The maximum absolute atomic E-state index is 13.3. The molecule has 0 unspecified atom stereocenters. The van der Waals surface area contributed by atoms with Crippen molar-refractivity contribution in [1.82, 2.24) is 14.1 Å². The molecule has 25 heavy (non-hydrogen) atoms. The molecule has 0 saturated carbocycles. The SMILES string of the molecule is CCCCCN(Cc1ccc(F)cc1)S(=O)(=O)c1c(C)nn(C)c1C. The largest absolute Gasteiger partial charge is 0.271 e.